The minimum absolute atomic E-state index is 0.164. The predicted octanol–water partition coefficient (Wildman–Crippen LogP) is 4.78. The van der Waals surface area contributed by atoms with E-state index in [2.05, 4.69) is 21.2 Å². The number of aryl methyl sites for hydroxylation is 3. The molecule has 0 bridgehead atoms. The molecule has 0 aromatic heterocycles. The molecule has 0 aliphatic rings. The number of carbonyl (C=O) groups excluding carboxylic acids is 1. The van der Waals surface area contributed by atoms with Crippen LogP contribution in [0.2, 0.25) is 0 Å². The molecule has 1 atom stereocenters. The van der Waals surface area contributed by atoms with E-state index in [1.165, 1.54) is 0 Å². The van der Waals surface area contributed by atoms with Crippen LogP contribution in [0, 0.1) is 20.8 Å². The second kappa shape index (κ2) is 6.97. The number of halogens is 1. The first-order valence-corrected chi connectivity index (χ1v) is 7.97. The Morgan fingerprint density at radius 2 is 1.82 bits per heavy atom. The molecule has 1 N–H and O–H groups in total. The number of benzene rings is 2. The van der Waals surface area contributed by atoms with Crippen LogP contribution >= 0.6 is 15.9 Å². The number of anilines is 1. The van der Waals surface area contributed by atoms with E-state index in [0.29, 0.717) is 0 Å². The first-order valence-electron chi connectivity index (χ1n) is 7.18. The van der Waals surface area contributed by atoms with Gasteiger partial charge in [0.15, 0.2) is 6.10 Å². The van der Waals surface area contributed by atoms with Crippen molar-refractivity contribution in [1.29, 1.82) is 0 Å². The maximum absolute atomic E-state index is 12.3. The van der Waals surface area contributed by atoms with Crippen molar-refractivity contribution in [3.63, 3.8) is 0 Å². The van der Waals surface area contributed by atoms with E-state index in [4.69, 9.17) is 4.74 Å². The van der Waals surface area contributed by atoms with Gasteiger partial charge in [0.1, 0.15) is 5.75 Å². The summed E-state index contributed by atoms with van der Waals surface area (Å²) in [6, 6.07) is 11.7. The SMILES string of the molecule is Cc1ccc(C)c(O[C@H](C)C(=O)Nc2ccc(Br)c(C)c2)c1. The Kier molecular flexibility index (Phi) is 5.24. The molecule has 2 aromatic rings. The molecule has 0 aliphatic heterocycles. The fourth-order valence-electron chi connectivity index (χ4n) is 2.04. The molecule has 22 heavy (non-hydrogen) atoms. The van der Waals surface area contributed by atoms with Crippen LogP contribution in [0.1, 0.15) is 23.6 Å². The van der Waals surface area contributed by atoms with Crippen LogP contribution in [-0.4, -0.2) is 12.0 Å². The van der Waals surface area contributed by atoms with Crippen LogP contribution in [0.15, 0.2) is 40.9 Å². The van der Waals surface area contributed by atoms with Gasteiger partial charge < -0.3 is 10.1 Å². The number of hydrogen-bond acceptors (Lipinski definition) is 2. The molecule has 4 heteroatoms. The van der Waals surface area contributed by atoms with E-state index < -0.39 is 6.10 Å². The Morgan fingerprint density at radius 3 is 2.50 bits per heavy atom. The van der Waals surface area contributed by atoms with Gasteiger partial charge in [-0.05, 0) is 68.7 Å². The second-order valence-electron chi connectivity index (χ2n) is 5.48. The van der Waals surface area contributed by atoms with E-state index in [0.717, 1.165) is 32.6 Å². The molecule has 0 radical (unpaired) electrons. The molecule has 2 aromatic carbocycles. The number of ether oxygens (including phenoxy) is 1. The van der Waals surface area contributed by atoms with E-state index in [1.54, 1.807) is 6.92 Å². The van der Waals surface area contributed by atoms with Crippen LogP contribution in [0.4, 0.5) is 5.69 Å². The summed E-state index contributed by atoms with van der Waals surface area (Å²) < 4.78 is 6.81. The number of amides is 1. The van der Waals surface area contributed by atoms with Gasteiger partial charge in [0.2, 0.25) is 0 Å². The zero-order valence-corrected chi connectivity index (χ0v) is 14.8. The van der Waals surface area contributed by atoms with E-state index in [-0.39, 0.29) is 5.91 Å². The van der Waals surface area contributed by atoms with Crippen LogP contribution in [0.3, 0.4) is 0 Å². The summed E-state index contributed by atoms with van der Waals surface area (Å²) in [5.74, 6) is 0.581. The monoisotopic (exact) mass is 361 g/mol. The first kappa shape index (κ1) is 16.6. The first-order chi connectivity index (χ1) is 10.4. The van der Waals surface area contributed by atoms with Crippen LogP contribution in [0.25, 0.3) is 0 Å². The highest BCUT2D eigenvalue weighted by molar-refractivity contribution is 9.10. The zero-order valence-electron chi connectivity index (χ0n) is 13.2. The molecule has 0 heterocycles. The van der Waals surface area contributed by atoms with E-state index >= 15 is 0 Å². The van der Waals surface area contributed by atoms with Crippen molar-refractivity contribution in [2.75, 3.05) is 5.32 Å². The average Bonchev–Trinajstić information content (AvgIpc) is 2.46. The highest BCUT2D eigenvalue weighted by atomic mass is 79.9. The fraction of sp³-hybridized carbons (Fsp3) is 0.278. The molecule has 1 amide bonds. The van der Waals surface area contributed by atoms with Gasteiger partial charge in [-0.2, -0.15) is 0 Å². The lowest BCUT2D eigenvalue weighted by atomic mass is 10.1. The molecular formula is C18H20BrNO2. The minimum atomic E-state index is -0.565. The van der Waals surface area contributed by atoms with Gasteiger partial charge >= 0.3 is 0 Å². The van der Waals surface area contributed by atoms with Crippen LogP contribution in [-0.2, 0) is 4.79 Å². The average molecular weight is 362 g/mol. The normalized spacial score (nSPS) is 11.9. The van der Waals surface area contributed by atoms with Crippen molar-refractivity contribution in [2.24, 2.45) is 0 Å². The molecular weight excluding hydrogens is 342 g/mol. The van der Waals surface area contributed by atoms with Gasteiger partial charge in [0.25, 0.3) is 5.91 Å². The lowest BCUT2D eigenvalue weighted by Crippen LogP contribution is -2.30. The Bertz CT molecular complexity index is 697. The lowest BCUT2D eigenvalue weighted by Gasteiger charge is -2.17. The second-order valence-corrected chi connectivity index (χ2v) is 6.34. The number of nitrogens with one attached hydrogen (secondary N) is 1. The summed E-state index contributed by atoms with van der Waals surface area (Å²) in [6.45, 7) is 7.71. The van der Waals surface area contributed by atoms with Crippen molar-refractivity contribution >= 4 is 27.5 Å². The van der Waals surface area contributed by atoms with Gasteiger partial charge in [-0.25, -0.2) is 0 Å². The van der Waals surface area contributed by atoms with E-state index in [9.17, 15) is 4.79 Å². The maximum Gasteiger partial charge on any atom is 0.265 e. The molecule has 2 rings (SSSR count). The highest BCUT2D eigenvalue weighted by Crippen LogP contribution is 2.22. The quantitative estimate of drug-likeness (QED) is 0.850. The Labute approximate surface area is 139 Å². The molecule has 0 saturated carbocycles. The van der Waals surface area contributed by atoms with Crippen molar-refractivity contribution in [3.05, 3.63) is 57.6 Å². The summed E-state index contributed by atoms with van der Waals surface area (Å²) in [5.41, 5.74) is 3.96. The smallest absolute Gasteiger partial charge is 0.265 e. The molecule has 0 unspecified atom stereocenters. The van der Waals surface area contributed by atoms with Crippen LogP contribution < -0.4 is 10.1 Å². The number of carbonyl (C=O) groups is 1. The van der Waals surface area contributed by atoms with Crippen molar-refractivity contribution in [1.82, 2.24) is 0 Å². The minimum Gasteiger partial charge on any atom is -0.481 e. The third kappa shape index (κ3) is 4.10. The van der Waals surface area contributed by atoms with Crippen molar-refractivity contribution in [3.8, 4) is 5.75 Å². The largest absolute Gasteiger partial charge is 0.481 e. The summed E-state index contributed by atoms with van der Waals surface area (Å²) in [6.07, 6.45) is -0.565. The van der Waals surface area contributed by atoms with Gasteiger partial charge in [0, 0.05) is 10.2 Å². The van der Waals surface area contributed by atoms with Crippen molar-refractivity contribution in [2.45, 2.75) is 33.8 Å². The van der Waals surface area contributed by atoms with Gasteiger partial charge in [-0.1, -0.05) is 28.1 Å². The van der Waals surface area contributed by atoms with E-state index in [1.807, 2.05) is 57.2 Å². The van der Waals surface area contributed by atoms with Gasteiger partial charge in [-0.3, -0.25) is 4.79 Å². The molecule has 0 fully saturated rings. The van der Waals surface area contributed by atoms with Crippen LogP contribution in [0.5, 0.6) is 5.75 Å². The topological polar surface area (TPSA) is 38.3 Å². The molecule has 0 aliphatic carbocycles. The third-order valence-corrected chi connectivity index (χ3v) is 4.33. The highest BCUT2D eigenvalue weighted by Gasteiger charge is 2.16. The Hall–Kier alpha value is -1.81. The Balaban J connectivity index is 2.05. The Morgan fingerprint density at radius 1 is 1.09 bits per heavy atom. The summed E-state index contributed by atoms with van der Waals surface area (Å²) in [7, 11) is 0. The summed E-state index contributed by atoms with van der Waals surface area (Å²) in [4.78, 5) is 12.3. The molecule has 0 saturated heterocycles. The summed E-state index contributed by atoms with van der Waals surface area (Å²) >= 11 is 3.45. The maximum atomic E-state index is 12.3. The summed E-state index contributed by atoms with van der Waals surface area (Å²) in [5, 5.41) is 2.88. The third-order valence-electron chi connectivity index (χ3n) is 3.44. The van der Waals surface area contributed by atoms with Gasteiger partial charge in [-0.15, -0.1) is 0 Å². The lowest BCUT2D eigenvalue weighted by molar-refractivity contribution is -0.122. The molecule has 116 valence electrons. The standard InChI is InChI=1S/C18H20BrNO2/c1-11-5-6-12(2)17(9-11)22-14(4)18(21)20-15-7-8-16(19)13(3)10-15/h5-10,14H,1-4H3,(H,20,21)/t14-/m1/s1. The van der Waals surface area contributed by atoms with Crippen molar-refractivity contribution < 1.29 is 9.53 Å². The predicted molar refractivity (Wildman–Crippen MR) is 93.5 cm³/mol. The van der Waals surface area contributed by atoms with Gasteiger partial charge in [0.05, 0.1) is 0 Å². The number of hydrogen-bond donors (Lipinski definition) is 1. The molecule has 0 spiro atoms. The molecule has 3 nitrogen and oxygen atoms in total. The fourth-order valence-corrected chi connectivity index (χ4v) is 2.29. The number of rotatable bonds is 4. The zero-order chi connectivity index (χ0) is 16.3.